The van der Waals surface area contributed by atoms with E-state index in [1.165, 1.54) is 12.3 Å². The van der Waals surface area contributed by atoms with Crippen LogP contribution in [0.5, 0.6) is 0 Å². The maximum Gasteiger partial charge on any atom is 0.287 e. The number of pyridine rings is 1. The van der Waals surface area contributed by atoms with Gasteiger partial charge in [-0.25, -0.2) is 4.98 Å². The fourth-order valence-electron chi connectivity index (χ4n) is 3.65. The van der Waals surface area contributed by atoms with Crippen molar-refractivity contribution in [1.29, 1.82) is 0 Å². The number of benzene rings is 2. The smallest absolute Gasteiger partial charge is 0.287 e. The summed E-state index contributed by atoms with van der Waals surface area (Å²) in [5, 5.41) is 3.30. The van der Waals surface area contributed by atoms with E-state index in [9.17, 15) is 14.4 Å². The predicted molar refractivity (Wildman–Crippen MR) is 132 cm³/mol. The van der Waals surface area contributed by atoms with Gasteiger partial charge in [0.05, 0.1) is 23.0 Å². The van der Waals surface area contributed by atoms with Gasteiger partial charge in [-0.1, -0.05) is 61.9 Å². The largest absolute Gasteiger partial charge is 0.459 e. The van der Waals surface area contributed by atoms with Gasteiger partial charge in [0.2, 0.25) is 0 Å². The van der Waals surface area contributed by atoms with Gasteiger partial charge in [0.25, 0.3) is 17.7 Å². The number of nitrogens with one attached hydrogen (secondary N) is 3. The van der Waals surface area contributed by atoms with Crippen LogP contribution in [0.3, 0.4) is 0 Å². The van der Waals surface area contributed by atoms with Crippen molar-refractivity contribution in [2.45, 2.75) is 26.8 Å². The van der Waals surface area contributed by atoms with Gasteiger partial charge in [0.1, 0.15) is 6.04 Å². The molecule has 1 atom stereocenters. The van der Waals surface area contributed by atoms with Gasteiger partial charge < -0.3 is 9.73 Å². The molecule has 178 valence electrons. The van der Waals surface area contributed by atoms with E-state index in [-0.39, 0.29) is 11.7 Å². The summed E-state index contributed by atoms with van der Waals surface area (Å²) in [6.07, 6.45) is 1.38. The minimum atomic E-state index is -0.884. The molecule has 8 heteroatoms. The molecule has 0 aliphatic carbocycles. The van der Waals surface area contributed by atoms with E-state index in [0.717, 1.165) is 11.1 Å². The summed E-state index contributed by atoms with van der Waals surface area (Å²) >= 11 is 0. The van der Waals surface area contributed by atoms with Crippen LogP contribution < -0.4 is 16.2 Å². The molecule has 35 heavy (non-hydrogen) atoms. The first-order valence-electron chi connectivity index (χ1n) is 11.2. The van der Waals surface area contributed by atoms with Gasteiger partial charge >= 0.3 is 0 Å². The first kappa shape index (κ1) is 23.7. The highest BCUT2D eigenvalue weighted by Crippen LogP contribution is 2.25. The zero-order chi connectivity index (χ0) is 24.9. The highest BCUT2D eigenvalue weighted by Gasteiger charge is 2.26. The third kappa shape index (κ3) is 5.38. The maximum atomic E-state index is 13.1. The van der Waals surface area contributed by atoms with E-state index >= 15 is 0 Å². The van der Waals surface area contributed by atoms with Gasteiger partial charge in [-0.2, -0.15) is 0 Å². The van der Waals surface area contributed by atoms with Crippen LogP contribution in [0.4, 0.5) is 0 Å². The van der Waals surface area contributed by atoms with Crippen LogP contribution in [0.1, 0.15) is 40.3 Å². The lowest BCUT2D eigenvalue weighted by Crippen LogP contribution is -2.54. The van der Waals surface area contributed by atoms with Crippen molar-refractivity contribution >= 4 is 28.6 Å². The highest BCUT2D eigenvalue weighted by atomic mass is 16.3. The van der Waals surface area contributed by atoms with Crippen LogP contribution >= 0.6 is 0 Å². The van der Waals surface area contributed by atoms with Crippen LogP contribution in [0.15, 0.2) is 77.4 Å². The van der Waals surface area contributed by atoms with Gasteiger partial charge in [0, 0.05) is 10.9 Å². The topological polar surface area (TPSA) is 113 Å². The molecule has 0 aliphatic heterocycles. The fourth-order valence-corrected chi connectivity index (χ4v) is 3.65. The molecule has 3 amide bonds. The number of aryl methyl sites for hydroxylation is 1. The number of furan rings is 1. The van der Waals surface area contributed by atoms with Crippen LogP contribution in [0.2, 0.25) is 0 Å². The van der Waals surface area contributed by atoms with E-state index in [1.54, 1.807) is 32.0 Å². The summed E-state index contributed by atoms with van der Waals surface area (Å²) in [5.74, 6) is -1.70. The van der Waals surface area contributed by atoms with E-state index in [0.29, 0.717) is 22.2 Å². The average molecular weight is 471 g/mol. The Labute approximate surface area is 202 Å². The Morgan fingerprint density at radius 2 is 1.63 bits per heavy atom. The molecule has 0 saturated heterocycles. The summed E-state index contributed by atoms with van der Waals surface area (Å²) in [6, 6.07) is 19.1. The number of fused-ring (bicyclic) bond motifs is 1. The predicted octanol–water partition coefficient (Wildman–Crippen LogP) is 4.02. The first-order chi connectivity index (χ1) is 16.8. The number of carbonyl (C=O) groups excluding carboxylic acids is 3. The number of nitrogens with zero attached hydrogens (tertiary/aromatic N) is 1. The molecule has 0 saturated carbocycles. The second-order valence-electron chi connectivity index (χ2n) is 8.55. The second-order valence-corrected chi connectivity index (χ2v) is 8.55. The Morgan fingerprint density at radius 1 is 0.886 bits per heavy atom. The molecule has 4 aromatic rings. The third-order valence-electron chi connectivity index (χ3n) is 5.59. The minimum absolute atomic E-state index is 0.0966. The minimum Gasteiger partial charge on any atom is -0.459 e. The Balaban J connectivity index is 1.54. The second kappa shape index (κ2) is 10.2. The van der Waals surface area contributed by atoms with Gasteiger partial charge in [-0.3, -0.25) is 25.2 Å². The van der Waals surface area contributed by atoms with Crippen molar-refractivity contribution in [3.05, 3.63) is 89.9 Å². The monoisotopic (exact) mass is 470 g/mol. The van der Waals surface area contributed by atoms with Gasteiger partial charge in [0.15, 0.2) is 5.76 Å². The number of rotatable bonds is 6. The number of para-hydroxylation sites is 1. The lowest BCUT2D eigenvalue weighted by molar-refractivity contribution is -0.124. The van der Waals surface area contributed by atoms with E-state index in [4.69, 9.17) is 9.40 Å². The summed E-state index contributed by atoms with van der Waals surface area (Å²) in [4.78, 5) is 43.0. The van der Waals surface area contributed by atoms with Crippen molar-refractivity contribution < 1.29 is 18.8 Å². The molecule has 2 aromatic heterocycles. The standard InChI is InChI=1S/C27H26N4O4/c1-16(2)24(29-26(33)23-9-6-14-35-23)27(34)31-30-25(32)20-15-22(18-12-10-17(3)11-13-18)28-21-8-5-4-7-19(20)21/h4-16,24H,1-3H3,(H,29,33)(H,30,32)(H,31,34)/t24-/m0/s1. The Hall–Kier alpha value is -4.46. The molecule has 0 fully saturated rings. The molecule has 0 aliphatic rings. The van der Waals surface area contributed by atoms with Gasteiger partial charge in [-0.15, -0.1) is 0 Å². The number of hydrazine groups is 1. The molecule has 2 heterocycles. The van der Waals surface area contributed by atoms with Crippen LogP contribution in [0, 0.1) is 12.8 Å². The Morgan fingerprint density at radius 3 is 2.31 bits per heavy atom. The average Bonchev–Trinajstić information content (AvgIpc) is 3.40. The molecule has 2 aromatic carbocycles. The number of amides is 3. The zero-order valence-corrected chi connectivity index (χ0v) is 19.7. The van der Waals surface area contributed by atoms with E-state index in [1.807, 2.05) is 49.4 Å². The Kier molecular flexibility index (Phi) is 6.91. The zero-order valence-electron chi connectivity index (χ0n) is 19.7. The van der Waals surface area contributed by atoms with Crippen molar-refractivity contribution in [3.8, 4) is 11.3 Å². The molecular formula is C27H26N4O4. The quantitative estimate of drug-likeness (QED) is 0.369. The van der Waals surface area contributed by atoms with E-state index in [2.05, 4.69) is 16.2 Å². The summed E-state index contributed by atoms with van der Waals surface area (Å²) in [5.41, 5.74) is 8.59. The summed E-state index contributed by atoms with van der Waals surface area (Å²) in [6.45, 7) is 5.58. The number of aromatic nitrogens is 1. The van der Waals surface area contributed by atoms with Crippen molar-refractivity contribution in [3.63, 3.8) is 0 Å². The van der Waals surface area contributed by atoms with Crippen LogP contribution in [-0.4, -0.2) is 28.7 Å². The van der Waals surface area contributed by atoms with Crippen LogP contribution in [0.25, 0.3) is 22.2 Å². The van der Waals surface area contributed by atoms with Crippen molar-refractivity contribution in [2.75, 3.05) is 0 Å². The molecule has 0 radical (unpaired) electrons. The van der Waals surface area contributed by atoms with Crippen molar-refractivity contribution in [2.24, 2.45) is 5.92 Å². The summed E-state index contributed by atoms with van der Waals surface area (Å²) in [7, 11) is 0. The lowest BCUT2D eigenvalue weighted by Gasteiger charge is -2.21. The van der Waals surface area contributed by atoms with E-state index < -0.39 is 23.8 Å². The maximum absolute atomic E-state index is 13.1. The molecule has 0 bridgehead atoms. The molecule has 3 N–H and O–H groups in total. The molecule has 0 spiro atoms. The molecule has 0 unspecified atom stereocenters. The normalized spacial score (nSPS) is 11.8. The SMILES string of the molecule is Cc1ccc(-c2cc(C(=O)NNC(=O)[C@@H](NC(=O)c3ccco3)C(C)C)c3ccccc3n2)cc1. The number of carbonyl (C=O) groups is 3. The highest BCUT2D eigenvalue weighted by molar-refractivity contribution is 6.07. The lowest BCUT2D eigenvalue weighted by atomic mass is 10.0. The number of hydrogen-bond acceptors (Lipinski definition) is 5. The first-order valence-corrected chi connectivity index (χ1v) is 11.2. The van der Waals surface area contributed by atoms with Crippen LogP contribution in [-0.2, 0) is 4.79 Å². The molecule has 8 nitrogen and oxygen atoms in total. The third-order valence-corrected chi connectivity index (χ3v) is 5.59. The molecular weight excluding hydrogens is 444 g/mol. The summed E-state index contributed by atoms with van der Waals surface area (Å²) < 4.78 is 5.09. The fraction of sp³-hybridized carbons (Fsp3) is 0.185. The van der Waals surface area contributed by atoms with Gasteiger partial charge in [-0.05, 0) is 37.1 Å². The molecule has 4 rings (SSSR count). The Bertz CT molecular complexity index is 1360. The number of hydrogen-bond donors (Lipinski definition) is 3. The van der Waals surface area contributed by atoms with Crippen molar-refractivity contribution in [1.82, 2.24) is 21.2 Å².